The average Bonchev–Trinajstić information content (AvgIpc) is 2.54. The first-order valence-corrected chi connectivity index (χ1v) is 7.26. The second kappa shape index (κ2) is 5.81. The molecule has 1 unspecified atom stereocenters. The Kier molecular flexibility index (Phi) is 3.88. The summed E-state index contributed by atoms with van der Waals surface area (Å²) < 4.78 is 11.2. The zero-order chi connectivity index (χ0) is 14.8. The van der Waals surface area contributed by atoms with Crippen molar-refractivity contribution < 1.29 is 19.4 Å². The SMILES string of the molecule is CC(c1ccc2c(c1)OCCO2)N1CCN(C(=O)O)CC1. The summed E-state index contributed by atoms with van der Waals surface area (Å²) >= 11 is 0. The summed E-state index contributed by atoms with van der Waals surface area (Å²) in [5.74, 6) is 1.60. The number of amides is 1. The summed E-state index contributed by atoms with van der Waals surface area (Å²) in [6, 6.07) is 6.27. The molecule has 0 spiro atoms. The normalized spacial score (nSPS) is 20.1. The fraction of sp³-hybridized carbons (Fsp3) is 0.533. The van der Waals surface area contributed by atoms with E-state index in [1.807, 2.05) is 12.1 Å². The first-order chi connectivity index (χ1) is 10.1. The molecule has 1 aromatic rings. The minimum absolute atomic E-state index is 0.233. The Hall–Kier alpha value is -1.95. The van der Waals surface area contributed by atoms with Gasteiger partial charge in [0.1, 0.15) is 13.2 Å². The molecule has 6 heteroatoms. The Labute approximate surface area is 123 Å². The van der Waals surface area contributed by atoms with E-state index in [-0.39, 0.29) is 6.04 Å². The molecule has 1 N–H and O–H groups in total. The highest BCUT2D eigenvalue weighted by atomic mass is 16.6. The Bertz CT molecular complexity index is 526. The second-order valence-electron chi connectivity index (χ2n) is 5.38. The highest BCUT2D eigenvalue weighted by Crippen LogP contribution is 2.34. The molecular weight excluding hydrogens is 272 g/mol. The fourth-order valence-corrected chi connectivity index (χ4v) is 2.83. The van der Waals surface area contributed by atoms with Crippen LogP contribution in [0.2, 0.25) is 0 Å². The monoisotopic (exact) mass is 292 g/mol. The van der Waals surface area contributed by atoms with Crippen molar-refractivity contribution in [3.8, 4) is 11.5 Å². The van der Waals surface area contributed by atoms with Gasteiger partial charge in [0.25, 0.3) is 0 Å². The number of hydrogen-bond donors (Lipinski definition) is 1. The van der Waals surface area contributed by atoms with Gasteiger partial charge in [0, 0.05) is 32.2 Å². The second-order valence-corrected chi connectivity index (χ2v) is 5.38. The van der Waals surface area contributed by atoms with Crippen molar-refractivity contribution in [2.75, 3.05) is 39.4 Å². The first kappa shape index (κ1) is 14.0. The lowest BCUT2D eigenvalue weighted by atomic mass is 10.1. The van der Waals surface area contributed by atoms with E-state index < -0.39 is 6.09 Å². The fourth-order valence-electron chi connectivity index (χ4n) is 2.83. The van der Waals surface area contributed by atoms with Crippen molar-refractivity contribution in [1.82, 2.24) is 9.80 Å². The Balaban J connectivity index is 1.68. The topological polar surface area (TPSA) is 62.2 Å². The molecule has 2 heterocycles. The number of carbonyl (C=O) groups is 1. The predicted molar refractivity (Wildman–Crippen MR) is 77.0 cm³/mol. The zero-order valence-electron chi connectivity index (χ0n) is 12.1. The van der Waals surface area contributed by atoms with Crippen molar-refractivity contribution in [3.05, 3.63) is 23.8 Å². The van der Waals surface area contributed by atoms with Gasteiger partial charge >= 0.3 is 6.09 Å². The summed E-state index contributed by atoms with van der Waals surface area (Å²) in [5, 5.41) is 8.99. The number of rotatable bonds is 2. The molecule has 1 amide bonds. The van der Waals surface area contributed by atoms with Crippen LogP contribution < -0.4 is 9.47 Å². The first-order valence-electron chi connectivity index (χ1n) is 7.26. The zero-order valence-corrected chi connectivity index (χ0v) is 12.1. The summed E-state index contributed by atoms with van der Waals surface area (Å²) in [4.78, 5) is 14.7. The van der Waals surface area contributed by atoms with Gasteiger partial charge < -0.3 is 19.5 Å². The summed E-state index contributed by atoms with van der Waals surface area (Å²) in [5.41, 5.74) is 1.17. The van der Waals surface area contributed by atoms with Gasteiger partial charge in [-0.25, -0.2) is 4.79 Å². The molecule has 0 aliphatic carbocycles. The minimum Gasteiger partial charge on any atom is -0.486 e. The van der Waals surface area contributed by atoms with Gasteiger partial charge in [-0.05, 0) is 24.6 Å². The number of hydrogen-bond acceptors (Lipinski definition) is 4. The van der Waals surface area contributed by atoms with Crippen molar-refractivity contribution in [2.24, 2.45) is 0 Å². The average molecular weight is 292 g/mol. The molecule has 1 aromatic carbocycles. The molecule has 3 rings (SSSR count). The quantitative estimate of drug-likeness (QED) is 0.901. The number of nitrogens with zero attached hydrogens (tertiary/aromatic N) is 2. The summed E-state index contributed by atoms with van der Waals surface area (Å²) in [7, 11) is 0. The van der Waals surface area contributed by atoms with E-state index in [9.17, 15) is 4.79 Å². The van der Waals surface area contributed by atoms with Gasteiger partial charge in [0.05, 0.1) is 0 Å². The van der Waals surface area contributed by atoms with E-state index in [2.05, 4.69) is 17.9 Å². The van der Waals surface area contributed by atoms with Crippen molar-refractivity contribution in [1.29, 1.82) is 0 Å². The van der Waals surface area contributed by atoms with Crippen molar-refractivity contribution >= 4 is 6.09 Å². The lowest BCUT2D eigenvalue weighted by Gasteiger charge is -2.37. The molecule has 6 nitrogen and oxygen atoms in total. The van der Waals surface area contributed by atoms with E-state index in [0.29, 0.717) is 26.3 Å². The largest absolute Gasteiger partial charge is 0.486 e. The maximum absolute atomic E-state index is 10.9. The third-order valence-corrected chi connectivity index (χ3v) is 4.18. The van der Waals surface area contributed by atoms with Crippen LogP contribution in [0.4, 0.5) is 4.79 Å². The van der Waals surface area contributed by atoms with Crippen LogP contribution in [0.1, 0.15) is 18.5 Å². The number of ether oxygens (including phenoxy) is 2. The molecular formula is C15H20N2O4. The Morgan fingerprint density at radius 3 is 2.48 bits per heavy atom. The summed E-state index contributed by atoms with van der Waals surface area (Å²) in [6.45, 7) is 5.95. The molecule has 2 aliphatic rings. The minimum atomic E-state index is -0.832. The van der Waals surface area contributed by atoms with Crippen molar-refractivity contribution in [3.63, 3.8) is 0 Å². The van der Waals surface area contributed by atoms with Crippen LogP contribution in [0.3, 0.4) is 0 Å². The molecule has 2 aliphatic heterocycles. The number of carboxylic acid groups (broad SMARTS) is 1. The van der Waals surface area contributed by atoms with E-state index in [1.165, 1.54) is 10.5 Å². The van der Waals surface area contributed by atoms with Crippen LogP contribution in [0.15, 0.2) is 18.2 Å². The highest BCUT2D eigenvalue weighted by Gasteiger charge is 2.25. The van der Waals surface area contributed by atoms with Gasteiger partial charge in [0.15, 0.2) is 11.5 Å². The maximum atomic E-state index is 10.9. The third kappa shape index (κ3) is 2.90. The standard InChI is InChI=1S/C15H20N2O4/c1-11(16-4-6-17(7-5-16)15(18)19)12-2-3-13-14(10-12)21-9-8-20-13/h2-3,10-11H,4-9H2,1H3,(H,18,19). The smallest absolute Gasteiger partial charge is 0.407 e. The van der Waals surface area contributed by atoms with Crippen molar-refractivity contribution in [2.45, 2.75) is 13.0 Å². The van der Waals surface area contributed by atoms with E-state index in [1.54, 1.807) is 0 Å². The number of benzene rings is 1. The molecule has 0 bridgehead atoms. The Morgan fingerprint density at radius 2 is 1.81 bits per heavy atom. The van der Waals surface area contributed by atoms with E-state index in [0.717, 1.165) is 24.6 Å². The molecule has 114 valence electrons. The number of fused-ring (bicyclic) bond motifs is 1. The molecule has 1 fully saturated rings. The molecule has 0 radical (unpaired) electrons. The molecule has 1 atom stereocenters. The lowest BCUT2D eigenvalue weighted by molar-refractivity contribution is 0.0887. The van der Waals surface area contributed by atoms with Crippen LogP contribution in [0.5, 0.6) is 11.5 Å². The van der Waals surface area contributed by atoms with Crippen LogP contribution in [0.25, 0.3) is 0 Å². The third-order valence-electron chi connectivity index (χ3n) is 4.18. The van der Waals surface area contributed by atoms with Crippen LogP contribution in [0, 0.1) is 0 Å². The van der Waals surface area contributed by atoms with Crippen LogP contribution in [-0.2, 0) is 0 Å². The predicted octanol–water partition coefficient (Wildman–Crippen LogP) is 1.81. The van der Waals surface area contributed by atoms with Gasteiger partial charge in [-0.3, -0.25) is 4.90 Å². The van der Waals surface area contributed by atoms with Gasteiger partial charge in [-0.15, -0.1) is 0 Å². The Morgan fingerprint density at radius 1 is 1.14 bits per heavy atom. The summed E-state index contributed by atoms with van der Waals surface area (Å²) in [6.07, 6.45) is -0.832. The lowest BCUT2D eigenvalue weighted by Crippen LogP contribution is -2.48. The van der Waals surface area contributed by atoms with Crippen LogP contribution >= 0.6 is 0 Å². The maximum Gasteiger partial charge on any atom is 0.407 e. The molecule has 21 heavy (non-hydrogen) atoms. The highest BCUT2D eigenvalue weighted by molar-refractivity contribution is 5.65. The van der Waals surface area contributed by atoms with Gasteiger partial charge in [-0.2, -0.15) is 0 Å². The van der Waals surface area contributed by atoms with Gasteiger partial charge in [-0.1, -0.05) is 6.07 Å². The molecule has 1 saturated heterocycles. The van der Waals surface area contributed by atoms with Gasteiger partial charge in [0.2, 0.25) is 0 Å². The van der Waals surface area contributed by atoms with Crippen LogP contribution in [-0.4, -0.2) is 60.4 Å². The molecule has 0 saturated carbocycles. The molecule has 0 aromatic heterocycles. The van der Waals surface area contributed by atoms with E-state index >= 15 is 0 Å². The van der Waals surface area contributed by atoms with E-state index in [4.69, 9.17) is 14.6 Å². The number of piperazine rings is 1.